The molecule has 0 bridgehead atoms. The molecule has 8 heteroatoms. The Morgan fingerprint density at radius 3 is 1.48 bits per heavy atom. The Hall–Kier alpha value is -0.930. The van der Waals surface area contributed by atoms with Crippen molar-refractivity contribution in [1.82, 2.24) is 10.4 Å². The molecule has 0 aliphatic heterocycles. The maximum absolute atomic E-state index is 11.8. The minimum absolute atomic E-state index is 0.311. The smallest absolute Gasteiger partial charge is 0.407 e. The predicted octanol–water partition coefficient (Wildman–Crippen LogP) is 11.1. The first kappa shape index (κ1) is 49.2. The maximum atomic E-state index is 11.8. The summed E-state index contributed by atoms with van der Waals surface area (Å²) in [6, 6.07) is 0. The van der Waals surface area contributed by atoms with E-state index in [2.05, 4.69) is 19.2 Å². The fraction of sp³-hybridized carbons (Fsp3) is 0.975. The van der Waals surface area contributed by atoms with Gasteiger partial charge in [-0.05, 0) is 33.1 Å². The third kappa shape index (κ3) is 43.1. The van der Waals surface area contributed by atoms with Crippen molar-refractivity contribution in [2.75, 3.05) is 53.9 Å². The van der Waals surface area contributed by atoms with Gasteiger partial charge in [-0.2, -0.15) is 5.06 Å². The predicted molar refractivity (Wildman–Crippen MR) is 203 cm³/mol. The summed E-state index contributed by atoms with van der Waals surface area (Å²) in [7, 11) is 3.39. The number of hydrogen-bond donors (Lipinski definition) is 2. The molecular weight excluding hydrogens is 604 g/mol. The summed E-state index contributed by atoms with van der Waals surface area (Å²) in [5.74, 6) is 0. The Labute approximate surface area is 299 Å². The van der Waals surface area contributed by atoms with Gasteiger partial charge in [0, 0.05) is 39.8 Å². The van der Waals surface area contributed by atoms with Crippen LogP contribution < -0.4 is 5.32 Å². The molecule has 8 nitrogen and oxygen atoms in total. The molecule has 0 radical (unpaired) electrons. The lowest BCUT2D eigenvalue weighted by molar-refractivity contribution is -0.200. The van der Waals surface area contributed by atoms with Crippen LogP contribution in [0, 0.1) is 0 Å². The van der Waals surface area contributed by atoms with Gasteiger partial charge in [0.25, 0.3) is 0 Å². The Balaban J connectivity index is 0. The summed E-state index contributed by atoms with van der Waals surface area (Å²) in [5, 5.41) is 13.0. The van der Waals surface area contributed by atoms with Crippen molar-refractivity contribution >= 4 is 6.09 Å². The highest BCUT2D eigenvalue weighted by Gasteiger charge is 2.20. The van der Waals surface area contributed by atoms with E-state index in [-0.39, 0.29) is 6.09 Å². The molecule has 0 aliphatic rings. The minimum Gasteiger partial charge on any atom is -0.449 e. The van der Waals surface area contributed by atoms with Gasteiger partial charge in [-0.15, -0.1) is 0 Å². The fourth-order valence-electron chi connectivity index (χ4n) is 5.30. The minimum atomic E-state index is -0.394. The van der Waals surface area contributed by atoms with Crippen LogP contribution >= 0.6 is 0 Å². The summed E-state index contributed by atoms with van der Waals surface area (Å²) in [4.78, 5) is 16.8. The van der Waals surface area contributed by atoms with Gasteiger partial charge in [-0.3, -0.25) is 0 Å². The molecule has 290 valence electrons. The highest BCUT2D eigenvalue weighted by molar-refractivity contribution is 5.66. The van der Waals surface area contributed by atoms with Crippen LogP contribution in [0.15, 0.2) is 0 Å². The molecule has 0 aromatic heterocycles. The van der Waals surface area contributed by atoms with Gasteiger partial charge in [0.2, 0.25) is 0 Å². The van der Waals surface area contributed by atoms with E-state index in [1.165, 1.54) is 141 Å². The van der Waals surface area contributed by atoms with Crippen molar-refractivity contribution in [3.05, 3.63) is 0 Å². The van der Waals surface area contributed by atoms with Crippen LogP contribution in [-0.2, 0) is 19.0 Å². The van der Waals surface area contributed by atoms with Crippen molar-refractivity contribution in [3.63, 3.8) is 0 Å². The summed E-state index contributed by atoms with van der Waals surface area (Å²) in [5.41, 5.74) is -0.394. The SMILES string of the molecule is CCCCCCCCCCCCCCO.CCCCCCCCCCCCCCOCCCNC(=O)OCCC(C)(C)OCN(C)OC. The first-order valence-electron chi connectivity index (χ1n) is 20.3. The zero-order valence-electron chi connectivity index (χ0n) is 33.1. The first-order valence-corrected chi connectivity index (χ1v) is 20.3. The first-order chi connectivity index (χ1) is 23.3. The number of alkyl carbamates (subject to hydrolysis) is 1. The average Bonchev–Trinajstić information content (AvgIpc) is 3.07. The molecule has 0 saturated heterocycles. The van der Waals surface area contributed by atoms with E-state index in [9.17, 15) is 4.79 Å². The van der Waals surface area contributed by atoms with Gasteiger partial charge in [0.1, 0.15) is 6.73 Å². The van der Waals surface area contributed by atoms with Gasteiger partial charge >= 0.3 is 6.09 Å². The van der Waals surface area contributed by atoms with E-state index in [4.69, 9.17) is 24.2 Å². The molecule has 0 aromatic carbocycles. The van der Waals surface area contributed by atoms with E-state index in [1.54, 1.807) is 19.2 Å². The number of ether oxygens (including phenoxy) is 3. The molecular formula is C40H84N2O6. The molecule has 0 spiro atoms. The molecule has 0 saturated carbocycles. The van der Waals surface area contributed by atoms with Crippen LogP contribution in [0.2, 0.25) is 0 Å². The highest BCUT2D eigenvalue weighted by atomic mass is 16.7. The van der Waals surface area contributed by atoms with Gasteiger partial charge in [-0.1, -0.05) is 155 Å². The largest absolute Gasteiger partial charge is 0.449 e. The van der Waals surface area contributed by atoms with Gasteiger partial charge in [0.05, 0.1) is 19.3 Å². The highest BCUT2D eigenvalue weighted by Crippen LogP contribution is 2.15. The lowest BCUT2D eigenvalue weighted by Gasteiger charge is -2.27. The average molecular weight is 689 g/mol. The Kier molecular flexibility index (Phi) is 41.5. The summed E-state index contributed by atoms with van der Waals surface area (Å²) < 4.78 is 16.6. The van der Waals surface area contributed by atoms with Crippen molar-refractivity contribution in [1.29, 1.82) is 0 Å². The summed E-state index contributed by atoms with van der Waals surface area (Å²) in [6.45, 7) is 11.6. The number of aliphatic hydroxyl groups excluding tert-OH is 1. The molecule has 48 heavy (non-hydrogen) atoms. The second kappa shape index (κ2) is 40.5. The Morgan fingerprint density at radius 2 is 1.04 bits per heavy atom. The van der Waals surface area contributed by atoms with Crippen LogP contribution in [0.4, 0.5) is 4.79 Å². The third-order valence-electron chi connectivity index (χ3n) is 8.77. The molecule has 0 rings (SSSR count). The van der Waals surface area contributed by atoms with Crippen molar-refractivity contribution in [2.24, 2.45) is 0 Å². The van der Waals surface area contributed by atoms with E-state index in [0.717, 1.165) is 25.9 Å². The number of rotatable bonds is 36. The zero-order valence-corrected chi connectivity index (χ0v) is 33.1. The molecule has 0 atom stereocenters. The quantitative estimate of drug-likeness (QED) is 0.0385. The topological polar surface area (TPSA) is 89.5 Å². The van der Waals surface area contributed by atoms with Gasteiger partial charge in [0.15, 0.2) is 0 Å². The van der Waals surface area contributed by atoms with Crippen molar-refractivity contribution < 1.29 is 28.9 Å². The van der Waals surface area contributed by atoms with Gasteiger partial charge in [-0.25, -0.2) is 4.79 Å². The van der Waals surface area contributed by atoms with Crippen LogP contribution in [0.1, 0.15) is 195 Å². The zero-order chi connectivity index (χ0) is 35.8. The number of nitrogens with one attached hydrogen (secondary N) is 1. The van der Waals surface area contributed by atoms with Gasteiger partial charge < -0.3 is 29.5 Å². The molecule has 1 amide bonds. The Morgan fingerprint density at radius 1 is 0.625 bits per heavy atom. The van der Waals surface area contributed by atoms with E-state index >= 15 is 0 Å². The molecule has 0 aromatic rings. The van der Waals surface area contributed by atoms with Crippen LogP contribution in [-0.4, -0.2) is 75.7 Å². The van der Waals surface area contributed by atoms with Crippen molar-refractivity contribution in [3.8, 4) is 0 Å². The number of carbonyl (C=O) groups excluding carboxylic acids is 1. The summed E-state index contributed by atoms with van der Waals surface area (Å²) >= 11 is 0. The number of unbranched alkanes of at least 4 members (excludes halogenated alkanes) is 22. The molecule has 2 N–H and O–H groups in total. The van der Waals surface area contributed by atoms with Crippen LogP contribution in [0.25, 0.3) is 0 Å². The van der Waals surface area contributed by atoms with Crippen LogP contribution in [0.3, 0.4) is 0 Å². The molecule has 0 unspecified atom stereocenters. The number of nitrogens with zero attached hydrogens (tertiary/aromatic N) is 1. The maximum Gasteiger partial charge on any atom is 0.407 e. The van der Waals surface area contributed by atoms with E-state index in [1.807, 2.05) is 13.8 Å². The number of hydroxylamine groups is 2. The number of aliphatic hydroxyl groups is 1. The number of carbonyl (C=O) groups is 1. The number of hydrogen-bond acceptors (Lipinski definition) is 7. The Bertz CT molecular complexity index is 611. The summed E-state index contributed by atoms with van der Waals surface area (Å²) in [6.07, 6.45) is 33.5. The fourth-order valence-corrected chi connectivity index (χ4v) is 5.30. The van der Waals surface area contributed by atoms with E-state index < -0.39 is 5.60 Å². The molecule has 0 fully saturated rings. The van der Waals surface area contributed by atoms with Crippen LogP contribution in [0.5, 0.6) is 0 Å². The second-order valence-corrected chi connectivity index (χ2v) is 14.1. The van der Waals surface area contributed by atoms with E-state index in [0.29, 0.717) is 39.5 Å². The molecule has 0 heterocycles. The second-order valence-electron chi connectivity index (χ2n) is 14.1. The standard InChI is InChI=1S/C26H54N2O5.C14H30O/c1-6-7-8-9-10-11-12-13-14-15-16-17-21-31-22-18-20-27-25(29)32-23-19-26(2,3)33-24-28(4)30-5;1-2-3-4-5-6-7-8-9-10-11-12-13-14-15/h6-24H2,1-5H3,(H,27,29);15H,2-14H2,1H3. The monoisotopic (exact) mass is 689 g/mol. The normalized spacial score (nSPS) is 11.5. The third-order valence-corrected chi connectivity index (χ3v) is 8.77. The number of amides is 1. The molecule has 0 aliphatic carbocycles. The lowest BCUT2D eigenvalue weighted by atomic mass is 10.1. The van der Waals surface area contributed by atoms with Crippen molar-refractivity contribution in [2.45, 2.75) is 200 Å². The lowest BCUT2D eigenvalue weighted by Crippen LogP contribution is -2.33.